The second-order valence-electron chi connectivity index (χ2n) is 4.05. The zero-order chi connectivity index (χ0) is 14.1. The van der Waals surface area contributed by atoms with Crippen molar-refractivity contribution in [1.82, 2.24) is 15.0 Å². The number of halogens is 1. The number of aromatic nitrogens is 3. The standard InChI is InChI=1S/C13H9FN4O2/c14-8-5-7(15)1-2-9(8)20-10-3-4-16-13-12(10)17-6-11(19)18-13/h1-6H,15H2,(H,16,18,19). The molecule has 0 radical (unpaired) electrons. The molecule has 3 aromatic rings. The minimum Gasteiger partial charge on any atom is -0.452 e. The van der Waals surface area contributed by atoms with E-state index in [1.807, 2.05) is 0 Å². The highest BCUT2D eigenvalue weighted by Crippen LogP contribution is 2.28. The fraction of sp³-hybridized carbons (Fsp3) is 0. The number of nitrogen functional groups attached to an aromatic ring is 1. The van der Waals surface area contributed by atoms with E-state index in [4.69, 9.17) is 10.5 Å². The van der Waals surface area contributed by atoms with Crippen molar-refractivity contribution in [3.05, 3.63) is 52.8 Å². The summed E-state index contributed by atoms with van der Waals surface area (Å²) >= 11 is 0. The van der Waals surface area contributed by atoms with Gasteiger partial charge in [-0.15, -0.1) is 0 Å². The summed E-state index contributed by atoms with van der Waals surface area (Å²) in [7, 11) is 0. The van der Waals surface area contributed by atoms with Crippen LogP contribution in [0.5, 0.6) is 11.5 Å². The Morgan fingerprint density at radius 2 is 2.05 bits per heavy atom. The van der Waals surface area contributed by atoms with Gasteiger partial charge in [0.15, 0.2) is 23.0 Å². The number of ether oxygens (including phenoxy) is 1. The lowest BCUT2D eigenvalue weighted by Gasteiger charge is -2.08. The Balaban J connectivity index is 2.08. The molecule has 100 valence electrons. The number of nitrogens with zero attached hydrogens (tertiary/aromatic N) is 2. The summed E-state index contributed by atoms with van der Waals surface area (Å²) in [4.78, 5) is 21.6. The smallest absolute Gasteiger partial charge is 0.268 e. The van der Waals surface area contributed by atoms with Crippen LogP contribution < -0.4 is 16.0 Å². The van der Waals surface area contributed by atoms with Crippen molar-refractivity contribution in [3.8, 4) is 11.5 Å². The first-order valence-corrected chi connectivity index (χ1v) is 5.70. The third-order valence-corrected chi connectivity index (χ3v) is 2.62. The number of nitrogens with one attached hydrogen (secondary N) is 1. The molecule has 0 atom stereocenters. The van der Waals surface area contributed by atoms with E-state index in [1.54, 1.807) is 0 Å². The van der Waals surface area contributed by atoms with Gasteiger partial charge in [-0.25, -0.2) is 14.4 Å². The van der Waals surface area contributed by atoms with Gasteiger partial charge in [0, 0.05) is 24.0 Å². The van der Waals surface area contributed by atoms with Crippen molar-refractivity contribution >= 4 is 16.9 Å². The van der Waals surface area contributed by atoms with Crippen molar-refractivity contribution < 1.29 is 9.13 Å². The summed E-state index contributed by atoms with van der Waals surface area (Å²) < 4.78 is 19.2. The molecule has 0 aliphatic carbocycles. The van der Waals surface area contributed by atoms with Crippen LogP contribution in [-0.2, 0) is 0 Å². The van der Waals surface area contributed by atoms with Crippen LogP contribution in [-0.4, -0.2) is 15.0 Å². The third-order valence-electron chi connectivity index (χ3n) is 2.62. The molecule has 7 heteroatoms. The molecule has 0 aliphatic heterocycles. The SMILES string of the molecule is Nc1ccc(Oc2ccnc3[nH]c(=O)cnc23)c(F)c1. The predicted octanol–water partition coefficient (Wildman–Crippen LogP) is 1.83. The largest absolute Gasteiger partial charge is 0.452 e. The summed E-state index contributed by atoms with van der Waals surface area (Å²) in [6, 6.07) is 5.64. The highest BCUT2D eigenvalue weighted by atomic mass is 19.1. The molecule has 6 nitrogen and oxygen atoms in total. The van der Waals surface area contributed by atoms with E-state index in [9.17, 15) is 9.18 Å². The van der Waals surface area contributed by atoms with Crippen LogP contribution in [0.3, 0.4) is 0 Å². The average molecular weight is 272 g/mol. The molecule has 2 heterocycles. The molecule has 3 N–H and O–H groups in total. The molecule has 0 spiro atoms. The number of anilines is 1. The first-order chi connectivity index (χ1) is 9.63. The van der Waals surface area contributed by atoms with Gasteiger partial charge in [-0.2, -0.15) is 0 Å². The molecule has 0 aliphatic rings. The minimum absolute atomic E-state index is 0.0136. The van der Waals surface area contributed by atoms with E-state index >= 15 is 0 Å². The number of pyridine rings is 1. The summed E-state index contributed by atoms with van der Waals surface area (Å²) in [6.07, 6.45) is 2.54. The number of rotatable bonds is 2. The van der Waals surface area contributed by atoms with Crippen molar-refractivity contribution in [1.29, 1.82) is 0 Å². The molecule has 0 amide bonds. The number of nitrogens with two attached hydrogens (primary N) is 1. The summed E-state index contributed by atoms with van der Waals surface area (Å²) in [6.45, 7) is 0. The third kappa shape index (κ3) is 2.16. The van der Waals surface area contributed by atoms with Crippen molar-refractivity contribution in [2.45, 2.75) is 0 Å². The van der Waals surface area contributed by atoms with Gasteiger partial charge in [0.25, 0.3) is 5.56 Å². The monoisotopic (exact) mass is 272 g/mol. The van der Waals surface area contributed by atoms with Gasteiger partial charge < -0.3 is 15.5 Å². The molecule has 0 unspecified atom stereocenters. The molecule has 2 aromatic heterocycles. The van der Waals surface area contributed by atoms with Crippen LogP contribution in [0.4, 0.5) is 10.1 Å². The number of hydrogen-bond donors (Lipinski definition) is 2. The van der Waals surface area contributed by atoms with E-state index in [0.29, 0.717) is 11.2 Å². The fourth-order valence-electron chi connectivity index (χ4n) is 1.73. The Labute approximate surface area is 112 Å². The first-order valence-electron chi connectivity index (χ1n) is 5.70. The number of hydrogen-bond acceptors (Lipinski definition) is 5. The molecule has 0 saturated heterocycles. The molecule has 0 saturated carbocycles. The number of H-pyrrole nitrogens is 1. The van der Waals surface area contributed by atoms with Gasteiger partial charge in [-0.3, -0.25) is 4.79 Å². The molecule has 0 bridgehead atoms. The van der Waals surface area contributed by atoms with Crippen LogP contribution in [0.1, 0.15) is 0 Å². The van der Waals surface area contributed by atoms with Gasteiger partial charge in [-0.05, 0) is 12.1 Å². The minimum atomic E-state index is -0.584. The topological polar surface area (TPSA) is 93.9 Å². The normalized spacial score (nSPS) is 10.7. The summed E-state index contributed by atoms with van der Waals surface area (Å²) in [5.41, 5.74) is 6.00. The van der Waals surface area contributed by atoms with E-state index < -0.39 is 5.82 Å². The highest BCUT2D eigenvalue weighted by molar-refractivity contribution is 5.76. The van der Waals surface area contributed by atoms with Crippen LogP contribution in [0.15, 0.2) is 41.5 Å². The molecular formula is C13H9FN4O2. The lowest BCUT2D eigenvalue weighted by molar-refractivity contribution is 0.445. The van der Waals surface area contributed by atoms with Crippen LogP contribution in [0, 0.1) is 5.82 Å². The molecular weight excluding hydrogens is 263 g/mol. The maximum atomic E-state index is 13.7. The second kappa shape index (κ2) is 4.61. The van der Waals surface area contributed by atoms with Crippen LogP contribution >= 0.6 is 0 Å². The predicted molar refractivity (Wildman–Crippen MR) is 71.0 cm³/mol. The van der Waals surface area contributed by atoms with Crippen molar-refractivity contribution in [2.75, 3.05) is 5.73 Å². The molecule has 20 heavy (non-hydrogen) atoms. The van der Waals surface area contributed by atoms with Gasteiger partial charge in [0.2, 0.25) is 0 Å². The molecule has 1 aromatic carbocycles. The van der Waals surface area contributed by atoms with Gasteiger partial charge in [0.1, 0.15) is 5.52 Å². The van der Waals surface area contributed by atoms with E-state index in [-0.39, 0.29) is 22.7 Å². The number of benzene rings is 1. The van der Waals surface area contributed by atoms with Gasteiger partial charge in [0.05, 0.1) is 6.20 Å². The zero-order valence-corrected chi connectivity index (χ0v) is 10.1. The lowest BCUT2D eigenvalue weighted by Crippen LogP contribution is -2.06. The van der Waals surface area contributed by atoms with Crippen LogP contribution in [0.25, 0.3) is 11.2 Å². The van der Waals surface area contributed by atoms with Gasteiger partial charge in [-0.1, -0.05) is 0 Å². The first kappa shape index (κ1) is 12.1. The fourth-order valence-corrected chi connectivity index (χ4v) is 1.73. The summed E-state index contributed by atoms with van der Waals surface area (Å²) in [5, 5.41) is 0. The Hall–Kier alpha value is -2.96. The average Bonchev–Trinajstić information content (AvgIpc) is 2.41. The van der Waals surface area contributed by atoms with Crippen LogP contribution in [0.2, 0.25) is 0 Å². The number of aromatic amines is 1. The summed E-state index contributed by atoms with van der Waals surface area (Å²) in [5.74, 6) is -0.283. The Bertz CT molecular complexity index is 847. The van der Waals surface area contributed by atoms with Gasteiger partial charge >= 0.3 is 0 Å². The Morgan fingerprint density at radius 3 is 2.85 bits per heavy atom. The van der Waals surface area contributed by atoms with Crippen molar-refractivity contribution in [2.24, 2.45) is 0 Å². The second-order valence-corrected chi connectivity index (χ2v) is 4.05. The van der Waals surface area contributed by atoms with E-state index in [1.165, 1.54) is 24.4 Å². The number of fused-ring (bicyclic) bond motifs is 1. The van der Waals surface area contributed by atoms with E-state index in [0.717, 1.165) is 12.3 Å². The Morgan fingerprint density at radius 1 is 1.20 bits per heavy atom. The maximum absolute atomic E-state index is 13.7. The molecule has 0 fully saturated rings. The highest BCUT2D eigenvalue weighted by Gasteiger charge is 2.10. The lowest BCUT2D eigenvalue weighted by atomic mass is 10.3. The van der Waals surface area contributed by atoms with Crippen molar-refractivity contribution in [3.63, 3.8) is 0 Å². The zero-order valence-electron chi connectivity index (χ0n) is 10.1. The molecule has 3 rings (SSSR count). The van der Waals surface area contributed by atoms with E-state index in [2.05, 4.69) is 15.0 Å². The quantitative estimate of drug-likeness (QED) is 0.694. The maximum Gasteiger partial charge on any atom is 0.268 e. The Kier molecular flexibility index (Phi) is 2.79.